The Labute approximate surface area is 185 Å². The molecule has 0 amide bonds. The van der Waals surface area contributed by atoms with Gasteiger partial charge in [-0.3, -0.25) is 24.5 Å². The molecule has 0 saturated heterocycles. The quantitative estimate of drug-likeness (QED) is 0.389. The topological polar surface area (TPSA) is 115 Å². The van der Waals surface area contributed by atoms with Gasteiger partial charge < -0.3 is 5.11 Å². The van der Waals surface area contributed by atoms with Gasteiger partial charge in [0.15, 0.2) is 5.78 Å². The number of hydrogen-bond acceptors (Lipinski definition) is 6. The van der Waals surface area contributed by atoms with Gasteiger partial charge in [0.05, 0.1) is 10.8 Å². The Kier molecular flexibility index (Phi) is 5.86. The van der Waals surface area contributed by atoms with Gasteiger partial charge in [0.1, 0.15) is 17.3 Å². The molecule has 0 unspecified atom stereocenters. The molecular formula is C23H26ClNO6. The Morgan fingerprint density at radius 1 is 1.03 bits per heavy atom. The highest BCUT2D eigenvalue weighted by molar-refractivity contribution is 6.31. The molecule has 2 aliphatic carbocycles. The lowest BCUT2D eigenvalue weighted by Crippen LogP contribution is -2.43. The summed E-state index contributed by atoms with van der Waals surface area (Å²) < 4.78 is 0. The van der Waals surface area contributed by atoms with Gasteiger partial charge in [-0.15, -0.1) is 0 Å². The predicted octanol–water partition coefficient (Wildman–Crippen LogP) is 5.11. The number of non-ortho nitro benzene ring substituents is 1. The number of Topliss-reactive ketones (excluding diaryl/α,β-unsaturated/α-hetero) is 3. The van der Waals surface area contributed by atoms with Crippen molar-refractivity contribution in [1.29, 1.82) is 0 Å². The van der Waals surface area contributed by atoms with Crippen molar-refractivity contribution in [3.8, 4) is 0 Å². The van der Waals surface area contributed by atoms with Crippen LogP contribution in [0.1, 0.15) is 64.9 Å². The minimum atomic E-state index is -1.23. The zero-order chi connectivity index (χ0) is 23.3. The molecular weight excluding hydrogens is 422 g/mol. The highest BCUT2D eigenvalue weighted by Crippen LogP contribution is 2.49. The van der Waals surface area contributed by atoms with Crippen molar-refractivity contribution in [2.45, 2.75) is 59.3 Å². The van der Waals surface area contributed by atoms with Crippen LogP contribution in [0.3, 0.4) is 0 Å². The Morgan fingerprint density at radius 2 is 1.58 bits per heavy atom. The van der Waals surface area contributed by atoms with E-state index in [1.807, 2.05) is 27.7 Å². The second-order valence-corrected chi connectivity index (χ2v) is 10.6. The number of benzene rings is 1. The Morgan fingerprint density at radius 3 is 2.10 bits per heavy atom. The molecule has 0 bridgehead atoms. The third-order valence-electron chi connectivity index (χ3n) is 6.07. The molecule has 1 fully saturated rings. The first kappa shape index (κ1) is 23.1. The number of carbonyl (C=O) groups is 3. The van der Waals surface area contributed by atoms with Crippen molar-refractivity contribution in [3.05, 3.63) is 50.2 Å². The monoisotopic (exact) mass is 447 g/mol. The van der Waals surface area contributed by atoms with Gasteiger partial charge in [0.25, 0.3) is 5.69 Å². The Bertz CT molecular complexity index is 1000. The van der Waals surface area contributed by atoms with Crippen molar-refractivity contribution in [3.63, 3.8) is 0 Å². The molecule has 3 rings (SSSR count). The predicted molar refractivity (Wildman–Crippen MR) is 115 cm³/mol. The number of aliphatic hydroxyl groups is 1. The molecule has 7 nitrogen and oxygen atoms in total. The van der Waals surface area contributed by atoms with Crippen molar-refractivity contribution >= 4 is 34.6 Å². The first-order chi connectivity index (χ1) is 14.2. The number of nitro benzene ring substituents is 1. The number of nitro groups is 1. The third-order valence-corrected chi connectivity index (χ3v) is 6.41. The summed E-state index contributed by atoms with van der Waals surface area (Å²) in [5.41, 5.74) is -1.17. The summed E-state index contributed by atoms with van der Waals surface area (Å²) in [5.74, 6) is -3.67. The van der Waals surface area contributed by atoms with Gasteiger partial charge in [-0.1, -0.05) is 39.3 Å². The number of ketones is 3. The molecule has 8 heteroatoms. The maximum absolute atomic E-state index is 13.1. The summed E-state index contributed by atoms with van der Waals surface area (Å²) in [6.07, 6.45) is 0.564. The number of halogens is 1. The third kappa shape index (κ3) is 4.56. The number of allylic oxidation sites excluding steroid dienone is 2. The fourth-order valence-electron chi connectivity index (χ4n) is 4.82. The summed E-state index contributed by atoms with van der Waals surface area (Å²) in [7, 11) is 0. The van der Waals surface area contributed by atoms with Crippen LogP contribution in [0.2, 0.25) is 5.02 Å². The fraction of sp³-hybridized carbons (Fsp3) is 0.522. The molecule has 0 aromatic heterocycles. The molecule has 1 atom stereocenters. The first-order valence-electron chi connectivity index (χ1n) is 10.2. The van der Waals surface area contributed by atoms with E-state index in [1.54, 1.807) is 0 Å². The van der Waals surface area contributed by atoms with E-state index in [4.69, 9.17) is 11.6 Å². The van der Waals surface area contributed by atoms with Gasteiger partial charge in [-0.25, -0.2) is 0 Å². The van der Waals surface area contributed by atoms with Gasteiger partial charge >= 0.3 is 0 Å². The van der Waals surface area contributed by atoms with E-state index in [9.17, 15) is 29.6 Å². The van der Waals surface area contributed by atoms with Crippen molar-refractivity contribution in [2.75, 3.05) is 0 Å². The summed E-state index contributed by atoms with van der Waals surface area (Å²) >= 11 is 6.38. The second-order valence-electron chi connectivity index (χ2n) is 10.2. The number of rotatable bonds is 4. The van der Waals surface area contributed by atoms with Crippen molar-refractivity contribution < 1.29 is 24.4 Å². The lowest BCUT2D eigenvalue weighted by atomic mass is 9.62. The average Bonchev–Trinajstić information content (AvgIpc) is 2.57. The highest BCUT2D eigenvalue weighted by Gasteiger charge is 2.49. The summed E-state index contributed by atoms with van der Waals surface area (Å²) in [6.45, 7) is 7.32. The van der Waals surface area contributed by atoms with Crippen LogP contribution in [0.5, 0.6) is 0 Å². The van der Waals surface area contributed by atoms with Crippen LogP contribution < -0.4 is 0 Å². The minimum Gasteiger partial charge on any atom is -0.512 e. The second kappa shape index (κ2) is 7.86. The minimum absolute atomic E-state index is 0.0341. The number of nitrogens with zero attached hydrogens (tertiary/aromatic N) is 1. The number of hydrogen-bond donors (Lipinski definition) is 1. The lowest BCUT2D eigenvalue weighted by molar-refractivity contribution is -0.384. The molecule has 1 N–H and O–H groups in total. The van der Waals surface area contributed by atoms with Gasteiger partial charge in [-0.2, -0.15) is 0 Å². The smallest absolute Gasteiger partial charge is 0.269 e. The number of aliphatic hydroxyl groups excluding tert-OH is 1. The van der Waals surface area contributed by atoms with Crippen LogP contribution in [0.15, 0.2) is 29.5 Å². The molecule has 1 aromatic rings. The normalized spacial score (nSPS) is 22.5. The van der Waals surface area contributed by atoms with E-state index in [2.05, 4.69) is 0 Å². The Hall–Kier alpha value is -2.54. The lowest BCUT2D eigenvalue weighted by Gasteiger charge is -2.39. The molecule has 166 valence electrons. The molecule has 31 heavy (non-hydrogen) atoms. The van der Waals surface area contributed by atoms with Crippen LogP contribution in [0.4, 0.5) is 5.69 Å². The van der Waals surface area contributed by atoms with Crippen molar-refractivity contribution in [2.24, 2.45) is 16.7 Å². The molecule has 1 saturated carbocycles. The SMILES string of the molecule is CC1(C)CC(=O)C([C@@H](C2=C(O)CC(C)(C)CC2=O)c2cc([N+](=O)[O-])ccc2Cl)C(=O)C1. The molecule has 2 aliphatic rings. The molecule has 0 heterocycles. The van der Waals surface area contributed by atoms with Crippen molar-refractivity contribution in [1.82, 2.24) is 0 Å². The van der Waals surface area contributed by atoms with E-state index < -0.39 is 27.6 Å². The number of carbonyl (C=O) groups excluding carboxylic acids is 3. The van der Waals surface area contributed by atoms with Gasteiger partial charge in [-0.05, 0) is 22.5 Å². The van der Waals surface area contributed by atoms with Gasteiger partial charge in [0, 0.05) is 54.3 Å². The van der Waals surface area contributed by atoms with E-state index in [0.29, 0.717) is 0 Å². The van der Waals surface area contributed by atoms with Crippen LogP contribution in [-0.4, -0.2) is 27.4 Å². The zero-order valence-electron chi connectivity index (χ0n) is 18.0. The van der Waals surface area contributed by atoms with E-state index in [0.717, 1.165) is 0 Å². The summed E-state index contributed by atoms with van der Waals surface area (Å²) in [6, 6.07) is 3.73. The van der Waals surface area contributed by atoms with E-state index >= 15 is 0 Å². The zero-order valence-corrected chi connectivity index (χ0v) is 18.8. The Balaban J connectivity index is 2.25. The van der Waals surface area contributed by atoms with Crippen LogP contribution >= 0.6 is 11.6 Å². The molecule has 1 aromatic carbocycles. The van der Waals surface area contributed by atoms with Crippen LogP contribution in [0.25, 0.3) is 0 Å². The maximum atomic E-state index is 13.1. The van der Waals surface area contributed by atoms with E-state index in [1.165, 1.54) is 18.2 Å². The average molecular weight is 448 g/mol. The van der Waals surface area contributed by atoms with Crippen LogP contribution in [-0.2, 0) is 14.4 Å². The fourth-order valence-corrected chi connectivity index (χ4v) is 5.05. The standard InChI is InChI=1S/C23H26ClNO6/c1-22(2)8-15(26)20(16(27)9-22)19(13-7-12(25(30)31)5-6-14(13)24)21-17(28)10-23(3,4)11-18(21)29/h5-7,19-20,28H,8-11H2,1-4H3/t19-/m0/s1. The molecule has 0 aliphatic heterocycles. The molecule has 0 radical (unpaired) electrons. The largest absolute Gasteiger partial charge is 0.512 e. The summed E-state index contributed by atoms with van der Waals surface area (Å²) in [5, 5.41) is 22.3. The summed E-state index contributed by atoms with van der Waals surface area (Å²) in [4.78, 5) is 50.2. The maximum Gasteiger partial charge on any atom is 0.269 e. The van der Waals surface area contributed by atoms with Gasteiger partial charge in [0.2, 0.25) is 0 Å². The first-order valence-corrected chi connectivity index (χ1v) is 10.5. The molecule has 0 spiro atoms. The highest BCUT2D eigenvalue weighted by atomic mass is 35.5. The van der Waals surface area contributed by atoms with Crippen LogP contribution in [0, 0.1) is 26.9 Å². The van der Waals surface area contributed by atoms with E-state index in [-0.39, 0.29) is 70.6 Å².